The van der Waals surface area contributed by atoms with E-state index in [9.17, 15) is 5.11 Å². The van der Waals surface area contributed by atoms with E-state index in [2.05, 4.69) is 9.88 Å². The van der Waals surface area contributed by atoms with Crippen LogP contribution in [0.5, 0.6) is 11.5 Å². The third-order valence-electron chi connectivity index (χ3n) is 4.86. The van der Waals surface area contributed by atoms with Gasteiger partial charge in [-0.1, -0.05) is 6.07 Å². The van der Waals surface area contributed by atoms with Crippen LogP contribution in [-0.2, 0) is 13.1 Å². The molecule has 0 bridgehead atoms. The van der Waals surface area contributed by atoms with Crippen LogP contribution >= 0.6 is 11.3 Å². The number of ether oxygens (including phenoxy) is 2. The molecule has 1 N–H and O–H groups in total. The van der Waals surface area contributed by atoms with Crippen molar-refractivity contribution in [3.63, 3.8) is 0 Å². The van der Waals surface area contributed by atoms with E-state index in [1.165, 1.54) is 0 Å². The van der Waals surface area contributed by atoms with Gasteiger partial charge in [-0.25, -0.2) is 4.98 Å². The quantitative estimate of drug-likeness (QED) is 0.720. The summed E-state index contributed by atoms with van der Waals surface area (Å²) in [7, 11) is 3.26. The van der Waals surface area contributed by atoms with Gasteiger partial charge in [-0.3, -0.25) is 4.90 Å². The number of rotatable bonds is 5. The van der Waals surface area contributed by atoms with Crippen LogP contribution in [0.1, 0.15) is 28.7 Å². The van der Waals surface area contributed by atoms with Crippen molar-refractivity contribution >= 4 is 11.3 Å². The molecule has 27 heavy (non-hydrogen) atoms. The molecule has 0 unspecified atom stereocenters. The van der Waals surface area contributed by atoms with Crippen molar-refractivity contribution < 1.29 is 19.0 Å². The highest BCUT2D eigenvalue weighted by Gasteiger charge is 2.30. The highest BCUT2D eigenvalue weighted by Crippen LogP contribution is 2.40. The lowest BCUT2D eigenvalue weighted by atomic mass is 9.95. The van der Waals surface area contributed by atoms with Crippen LogP contribution in [-0.4, -0.2) is 35.8 Å². The smallest absolute Gasteiger partial charge is 0.236 e. The maximum atomic E-state index is 10.7. The van der Waals surface area contributed by atoms with Crippen molar-refractivity contribution in [3.05, 3.63) is 52.2 Å². The Morgan fingerprint density at radius 1 is 1.26 bits per heavy atom. The number of β-amino-alcohol motifs (C(OH)–C–C–N with tert-alkyl or cyclic N) is 1. The molecule has 4 rings (SSSR count). The monoisotopic (exact) mass is 386 g/mol. The minimum Gasteiger partial charge on any atom is -0.496 e. The summed E-state index contributed by atoms with van der Waals surface area (Å²) >= 11 is 1.60. The number of thiophene rings is 1. The molecule has 3 heterocycles. The van der Waals surface area contributed by atoms with Crippen molar-refractivity contribution in [3.8, 4) is 22.3 Å². The number of aryl methyl sites for hydroxylation is 1. The molecule has 6 nitrogen and oxygen atoms in total. The largest absolute Gasteiger partial charge is 0.496 e. The zero-order valence-corrected chi connectivity index (χ0v) is 16.4. The number of aliphatic hydroxyl groups excluding tert-OH is 1. The van der Waals surface area contributed by atoms with Crippen LogP contribution < -0.4 is 9.47 Å². The fraction of sp³-hybridized carbons (Fsp3) is 0.350. The molecule has 142 valence electrons. The number of hydrogen-bond acceptors (Lipinski definition) is 7. The van der Waals surface area contributed by atoms with Gasteiger partial charge in [0.1, 0.15) is 17.3 Å². The summed E-state index contributed by atoms with van der Waals surface area (Å²) in [4.78, 5) is 7.83. The Kier molecular flexibility index (Phi) is 4.90. The third kappa shape index (κ3) is 3.34. The Morgan fingerprint density at radius 3 is 2.74 bits per heavy atom. The lowest BCUT2D eigenvalue weighted by molar-refractivity contribution is 0.0834. The van der Waals surface area contributed by atoms with Gasteiger partial charge in [0.2, 0.25) is 5.89 Å². The molecule has 0 aliphatic carbocycles. The first-order valence-corrected chi connectivity index (χ1v) is 9.63. The Morgan fingerprint density at radius 2 is 2.04 bits per heavy atom. The lowest BCUT2D eigenvalue weighted by Crippen LogP contribution is -2.34. The molecule has 0 saturated heterocycles. The zero-order valence-electron chi connectivity index (χ0n) is 15.6. The first-order chi connectivity index (χ1) is 13.1. The molecule has 0 saturated carbocycles. The average Bonchev–Trinajstić information content (AvgIpc) is 3.31. The van der Waals surface area contributed by atoms with Gasteiger partial charge in [0.15, 0.2) is 0 Å². The van der Waals surface area contributed by atoms with Gasteiger partial charge in [-0.05, 0) is 30.5 Å². The van der Waals surface area contributed by atoms with Gasteiger partial charge in [-0.15, -0.1) is 11.3 Å². The molecule has 0 amide bonds. The van der Waals surface area contributed by atoms with Crippen LogP contribution in [0.4, 0.5) is 0 Å². The third-order valence-corrected chi connectivity index (χ3v) is 5.72. The minimum absolute atomic E-state index is 0.497. The Balaban J connectivity index is 1.61. The summed E-state index contributed by atoms with van der Waals surface area (Å²) in [6.45, 7) is 3.67. The summed E-state index contributed by atoms with van der Waals surface area (Å²) in [5.41, 5.74) is 2.65. The molecule has 2 aromatic heterocycles. The number of oxazole rings is 1. The van der Waals surface area contributed by atoms with Gasteiger partial charge in [0.05, 0.1) is 30.9 Å². The van der Waals surface area contributed by atoms with Gasteiger partial charge >= 0.3 is 0 Å². The van der Waals surface area contributed by atoms with Gasteiger partial charge in [0, 0.05) is 30.8 Å². The van der Waals surface area contributed by atoms with E-state index >= 15 is 0 Å². The Labute approximate surface area is 162 Å². The number of methoxy groups -OCH3 is 2. The number of aromatic nitrogens is 1. The van der Waals surface area contributed by atoms with Crippen molar-refractivity contribution in [2.45, 2.75) is 26.1 Å². The van der Waals surface area contributed by atoms with Crippen LogP contribution in [0.15, 0.2) is 34.1 Å². The molecular formula is C20H22N2O4S. The molecule has 0 spiro atoms. The summed E-state index contributed by atoms with van der Waals surface area (Å²) in [6.07, 6.45) is -0.650. The van der Waals surface area contributed by atoms with Gasteiger partial charge < -0.3 is 19.0 Å². The van der Waals surface area contributed by atoms with Crippen molar-refractivity contribution in [1.82, 2.24) is 9.88 Å². The summed E-state index contributed by atoms with van der Waals surface area (Å²) in [6, 6.07) is 7.70. The second-order valence-corrected chi connectivity index (χ2v) is 7.49. The second kappa shape index (κ2) is 7.34. The van der Waals surface area contributed by atoms with E-state index in [1.807, 2.05) is 36.6 Å². The predicted molar refractivity (Wildman–Crippen MR) is 103 cm³/mol. The normalized spacial score (nSPS) is 17.0. The zero-order chi connectivity index (χ0) is 19.0. The summed E-state index contributed by atoms with van der Waals surface area (Å²) in [5, 5.41) is 12.8. The van der Waals surface area contributed by atoms with E-state index in [1.54, 1.807) is 25.6 Å². The predicted octanol–water partition coefficient (Wildman–Crippen LogP) is 3.78. The molecule has 1 atom stereocenters. The van der Waals surface area contributed by atoms with E-state index in [0.717, 1.165) is 33.2 Å². The van der Waals surface area contributed by atoms with Crippen LogP contribution in [0.25, 0.3) is 10.8 Å². The topological polar surface area (TPSA) is 68.0 Å². The van der Waals surface area contributed by atoms with Crippen molar-refractivity contribution in [1.29, 1.82) is 0 Å². The molecule has 1 aliphatic rings. The fourth-order valence-corrected chi connectivity index (χ4v) is 4.21. The van der Waals surface area contributed by atoms with Crippen LogP contribution in [0.3, 0.4) is 0 Å². The number of aliphatic hydroxyl groups is 1. The van der Waals surface area contributed by atoms with Crippen molar-refractivity contribution in [2.75, 3.05) is 20.8 Å². The molecule has 1 aliphatic heterocycles. The molecule has 3 aromatic rings. The standard InChI is InChI=1S/C20H22N2O4S/c1-12-14(21-20(26-12)18-5-4-8-27-18)10-22-9-13-16(24-2)6-7-17(25-3)19(13)15(23)11-22/h4-8,15,23H,9-11H2,1-3H3/t15-/m0/s1. The number of nitrogens with zero attached hydrogens (tertiary/aromatic N) is 2. The molecule has 0 fully saturated rings. The fourth-order valence-electron chi connectivity index (χ4n) is 3.56. The average molecular weight is 386 g/mol. The first-order valence-electron chi connectivity index (χ1n) is 8.75. The van der Waals surface area contributed by atoms with Crippen LogP contribution in [0.2, 0.25) is 0 Å². The highest BCUT2D eigenvalue weighted by molar-refractivity contribution is 7.13. The van der Waals surface area contributed by atoms with E-state index < -0.39 is 6.10 Å². The molecule has 0 radical (unpaired) electrons. The number of fused-ring (bicyclic) bond motifs is 1. The Bertz CT molecular complexity index is 936. The molecule has 1 aromatic carbocycles. The van der Waals surface area contributed by atoms with Gasteiger partial charge in [-0.2, -0.15) is 0 Å². The highest BCUT2D eigenvalue weighted by atomic mass is 32.1. The van der Waals surface area contributed by atoms with Crippen molar-refractivity contribution in [2.24, 2.45) is 0 Å². The van der Waals surface area contributed by atoms with E-state index in [-0.39, 0.29) is 0 Å². The summed E-state index contributed by atoms with van der Waals surface area (Å²) in [5.74, 6) is 2.90. The lowest BCUT2D eigenvalue weighted by Gasteiger charge is -2.33. The minimum atomic E-state index is -0.650. The maximum absolute atomic E-state index is 10.7. The maximum Gasteiger partial charge on any atom is 0.236 e. The number of benzene rings is 1. The second-order valence-electron chi connectivity index (χ2n) is 6.55. The molecular weight excluding hydrogens is 364 g/mol. The SMILES string of the molecule is COc1ccc(OC)c2c1CN(Cc1nc(-c3cccs3)oc1C)C[C@@H]2O. The Hall–Kier alpha value is -2.35. The number of hydrogen-bond donors (Lipinski definition) is 1. The first kappa shape index (κ1) is 18.0. The van der Waals surface area contributed by atoms with Crippen LogP contribution in [0, 0.1) is 6.92 Å². The van der Waals surface area contributed by atoms with E-state index in [0.29, 0.717) is 31.3 Å². The van der Waals surface area contributed by atoms with E-state index in [4.69, 9.17) is 13.9 Å². The molecule has 7 heteroatoms. The van der Waals surface area contributed by atoms with Gasteiger partial charge in [0.25, 0.3) is 0 Å². The summed E-state index contributed by atoms with van der Waals surface area (Å²) < 4.78 is 16.8.